The summed E-state index contributed by atoms with van der Waals surface area (Å²) in [5.74, 6) is -1.33. The van der Waals surface area contributed by atoms with Gasteiger partial charge >= 0.3 is 6.18 Å². The molecule has 0 saturated heterocycles. The van der Waals surface area contributed by atoms with E-state index in [0.29, 0.717) is 22.4 Å². The molecule has 0 aliphatic rings. The number of hydrogen-bond acceptors (Lipinski definition) is 4. The summed E-state index contributed by atoms with van der Waals surface area (Å²) in [5, 5.41) is 2.71. The van der Waals surface area contributed by atoms with E-state index in [4.69, 9.17) is 34.8 Å². The van der Waals surface area contributed by atoms with Crippen LogP contribution in [0.5, 0.6) is 0 Å². The van der Waals surface area contributed by atoms with Crippen LogP contribution in [-0.4, -0.2) is 50.0 Å². The number of carbonyl (C=O) groups excluding carboxylic acids is 2. The monoisotopic (exact) mass is 691 g/mol. The summed E-state index contributed by atoms with van der Waals surface area (Å²) in [6.07, 6.45) is -3.45. The average molecular weight is 693 g/mol. The van der Waals surface area contributed by atoms with Gasteiger partial charge in [-0.2, -0.15) is 13.2 Å². The fourth-order valence-corrected chi connectivity index (χ4v) is 5.72. The van der Waals surface area contributed by atoms with Gasteiger partial charge in [-0.25, -0.2) is 8.42 Å². The van der Waals surface area contributed by atoms with Gasteiger partial charge in [-0.3, -0.25) is 13.9 Å². The van der Waals surface area contributed by atoms with Crippen molar-refractivity contribution in [2.45, 2.75) is 51.5 Å². The van der Waals surface area contributed by atoms with Crippen LogP contribution in [0.4, 0.5) is 18.9 Å². The van der Waals surface area contributed by atoms with Gasteiger partial charge in [0.25, 0.3) is 0 Å². The number of sulfonamides is 1. The first-order valence-corrected chi connectivity index (χ1v) is 16.4. The molecule has 0 saturated carbocycles. The Bertz CT molecular complexity index is 1590. The van der Waals surface area contributed by atoms with E-state index in [-0.39, 0.29) is 29.1 Å². The second-order valence-electron chi connectivity index (χ2n) is 10.2. The van der Waals surface area contributed by atoms with Crippen molar-refractivity contribution in [3.8, 4) is 0 Å². The van der Waals surface area contributed by atoms with Crippen molar-refractivity contribution in [1.82, 2.24) is 10.2 Å². The molecule has 3 aromatic carbocycles. The largest absolute Gasteiger partial charge is 0.417 e. The molecule has 14 heteroatoms. The van der Waals surface area contributed by atoms with Crippen LogP contribution in [0.2, 0.25) is 15.1 Å². The summed E-state index contributed by atoms with van der Waals surface area (Å²) < 4.78 is 67.2. The summed E-state index contributed by atoms with van der Waals surface area (Å²) in [7, 11) is -4.30. The molecule has 44 heavy (non-hydrogen) atoms. The summed E-state index contributed by atoms with van der Waals surface area (Å²) in [5.41, 5.74) is -0.480. The van der Waals surface area contributed by atoms with Crippen LogP contribution in [0.25, 0.3) is 0 Å². The van der Waals surface area contributed by atoms with Gasteiger partial charge in [0.1, 0.15) is 12.6 Å². The highest BCUT2D eigenvalue weighted by Gasteiger charge is 2.36. The highest BCUT2D eigenvalue weighted by Crippen LogP contribution is 2.37. The van der Waals surface area contributed by atoms with Crippen molar-refractivity contribution in [2.24, 2.45) is 0 Å². The molecule has 0 aliphatic carbocycles. The molecule has 2 amide bonds. The Morgan fingerprint density at radius 2 is 1.55 bits per heavy atom. The van der Waals surface area contributed by atoms with Crippen molar-refractivity contribution in [3.63, 3.8) is 0 Å². The van der Waals surface area contributed by atoms with Crippen molar-refractivity contribution in [2.75, 3.05) is 17.1 Å². The minimum Gasteiger partial charge on any atom is -0.352 e. The zero-order valence-electron chi connectivity index (χ0n) is 24.0. The SMILES string of the molecule is CC[C@@H](C)NC(=O)[C@H](Cc1ccccc1)N(Cc1ccc(Cl)c(Cl)c1)C(=O)CN(c1ccc(Cl)c(C(F)(F)F)c1)S(C)(=O)=O. The van der Waals surface area contributed by atoms with Gasteiger partial charge in [0.2, 0.25) is 21.8 Å². The Balaban J connectivity index is 2.13. The lowest BCUT2D eigenvalue weighted by molar-refractivity contribution is -0.140. The molecule has 3 rings (SSSR count). The molecule has 0 heterocycles. The molecule has 0 unspecified atom stereocenters. The number of carbonyl (C=O) groups is 2. The normalized spacial score (nSPS) is 13.2. The van der Waals surface area contributed by atoms with Gasteiger partial charge in [0, 0.05) is 19.0 Å². The third-order valence-corrected chi connectivity index (χ3v) is 9.04. The summed E-state index contributed by atoms with van der Waals surface area (Å²) >= 11 is 18.0. The Morgan fingerprint density at radius 3 is 2.11 bits per heavy atom. The van der Waals surface area contributed by atoms with E-state index in [2.05, 4.69) is 5.32 Å². The summed E-state index contributed by atoms with van der Waals surface area (Å²) in [6.45, 7) is 2.59. The van der Waals surface area contributed by atoms with Crippen LogP contribution in [0.15, 0.2) is 66.7 Å². The maximum absolute atomic E-state index is 14.1. The van der Waals surface area contributed by atoms with Crippen LogP contribution in [0, 0.1) is 0 Å². The molecule has 2 atom stereocenters. The van der Waals surface area contributed by atoms with E-state index in [1.807, 2.05) is 6.92 Å². The Hall–Kier alpha value is -2.99. The second kappa shape index (κ2) is 14.9. The lowest BCUT2D eigenvalue weighted by Gasteiger charge is -2.34. The van der Waals surface area contributed by atoms with Crippen molar-refractivity contribution >= 4 is 62.3 Å². The van der Waals surface area contributed by atoms with Gasteiger partial charge in [0.15, 0.2) is 0 Å². The fraction of sp³-hybridized carbons (Fsp3) is 0.333. The van der Waals surface area contributed by atoms with Crippen LogP contribution >= 0.6 is 34.8 Å². The number of benzene rings is 3. The summed E-state index contributed by atoms with van der Waals surface area (Å²) in [4.78, 5) is 29.0. The molecule has 0 spiro atoms. The van der Waals surface area contributed by atoms with Gasteiger partial charge in [-0.15, -0.1) is 0 Å². The van der Waals surface area contributed by atoms with Crippen LogP contribution in [-0.2, 0) is 38.8 Å². The molecule has 0 aliphatic heterocycles. The number of anilines is 1. The van der Waals surface area contributed by atoms with Gasteiger partial charge < -0.3 is 10.2 Å². The molecule has 3 aromatic rings. The van der Waals surface area contributed by atoms with Crippen LogP contribution in [0.3, 0.4) is 0 Å². The van der Waals surface area contributed by atoms with Crippen LogP contribution < -0.4 is 9.62 Å². The Morgan fingerprint density at radius 1 is 0.909 bits per heavy atom. The van der Waals surface area contributed by atoms with Gasteiger partial charge in [-0.1, -0.05) is 78.1 Å². The maximum Gasteiger partial charge on any atom is 0.417 e. The van der Waals surface area contributed by atoms with E-state index < -0.39 is 56.9 Å². The molecule has 0 bridgehead atoms. The molecule has 0 aromatic heterocycles. The van der Waals surface area contributed by atoms with E-state index in [1.165, 1.54) is 17.0 Å². The first-order valence-electron chi connectivity index (χ1n) is 13.4. The average Bonchev–Trinajstić information content (AvgIpc) is 2.95. The molecular weight excluding hydrogens is 662 g/mol. The van der Waals surface area contributed by atoms with E-state index in [9.17, 15) is 31.2 Å². The minimum absolute atomic E-state index is 0.0637. The minimum atomic E-state index is -4.88. The molecular formula is C30H31Cl3F3N3O4S. The number of hydrogen-bond donors (Lipinski definition) is 1. The van der Waals surface area contributed by atoms with Crippen molar-refractivity contribution in [3.05, 3.63) is 98.5 Å². The molecule has 0 fully saturated rings. The van der Waals surface area contributed by atoms with E-state index in [0.717, 1.165) is 24.0 Å². The van der Waals surface area contributed by atoms with E-state index >= 15 is 0 Å². The summed E-state index contributed by atoms with van der Waals surface area (Å²) in [6, 6.07) is 14.7. The number of rotatable bonds is 12. The number of nitrogens with zero attached hydrogens (tertiary/aromatic N) is 2. The quantitative estimate of drug-likeness (QED) is 0.222. The smallest absolute Gasteiger partial charge is 0.352 e. The van der Waals surface area contributed by atoms with E-state index in [1.54, 1.807) is 43.3 Å². The molecule has 0 radical (unpaired) electrons. The first kappa shape index (κ1) is 35.5. The van der Waals surface area contributed by atoms with Crippen molar-refractivity contribution < 1.29 is 31.2 Å². The highest BCUT2D eigenvalue weighted by molar-refractivity contribution is 7.92. The zero-order valence-corrected chi connectivity index (χ0v) is 27.1. The Labute approximate surface area is 269 Å². The lowest BCUT2D eigenvalue weighted by atomic mass is 10.0. The van der Waals surface area contributed by atoms with Gasteiger partial charge in [-0.05, 0) is 54.8 Å². The maximum atomic E-state index is 14.1. The lowest BCUT2D eigenvalue weighted by Crippen LogP contribution is -2.54. The molecule has 238 valence electrons. The predicted octanol–water partition coefficient (Wildman–Crippen LogP) is 6.99. The second-order valence-corrected chi connectivity index (χ2v) is 13.4. The van der Waals surface area contributed by atoms with Crippen molar-refractivity contribution in [1.29, 1.82) is 0 Å². The first-order chi connectivity index (χ1) is 20.5. The number of amides is 2. The third kappa shape index (κ3) is 9.50. The molecule has 1 N–H and O–H groups in total. The van der Waals surface area contributed by atoms with Crippen LogP contribution in [0.1, 0.15) is 37.0 Å². The third-order valence-electron chi connectivity index (χ3n) is 6.83. The standard InChI is InChI=1S/C30H31Cl3F3N3O4S/c1-4-19(2)37-29(41)27(15-20-8-6-5-7-9-20)38(17-21-10-12-25(32)26(33)14-21)28(40)18-39(44(3,42)43)22-11-13-24(31)23(16-22)30(34,35)36/h5-14,16,19,27H,4,15,17-18H2,1-3H3,(H,37,41)/t19-,27+/m1/s1. The van der Waals surface area contributed by atoms with Gasteiger partial charge in [0.05, 0.1) is 32.6 Å². The predicted molar refractivity (Wildman–Crippen MR) is 167 cm³/mol. The fourth-order valence-electron chi connectivity index (χ4n) is 4.33. The zero-order chi connectivity index (χ0) is 32.8. The highest BCUT2D eigenvalue weighted by atomic mass is 35.5. The molecule has 7 nitrogen and oxygen atoms in total. The number of halogens is 6. The number of alkyl halides is 3. The number of nitrogens with one attached hydrogen (secondary N) is 1. The topological polar surface area (TPSA) is 86.8 Å². The Kier molecular flexibility index (Phi) is 12.0.